The molecule has 1 aromatic heterocycles. The first-order chi connectivity index (χ1) is 13.9. The van der Waals surface area contributed by atoms with Crippen LogP contribution < -0.4 is 10.0 Å². The number of hydrogen-bond donors (Lipinski definition) is 2. The fraction of sp³-hybridized carbons (Fsp3) is 0.150. The Morgan fingerprint density at radius 2 is 1.69 bits per heavy atom. The summed E-state index contributed by atoms with van der Waals surface area (Å²) in [5.74, 6) is -0.100. The fourth-order valence-corrected chi connectivity index (χ4v) is 4.41. The molecule has 1 saturated carbocycles. The van der Waals surface area contributed by atoms with Crippen LogP contribution in [0.5, 0.6) is 0 Å². The maximum absolute atomic E-state index is 12.9. The number of hydrogen-bond acceptors (Lipinski definition) is 5. The molecule has 7 nitrogen and oxygen atoms in total. The summed E-state index contributed by atoms with van der Waals surface area (Å²) in [5.41, 5.74) is 0.975. The molecule has 9 heteroatoms. The van der Waals surface area contributed by atoms with Crippen LogP contribution in [0, 0.1) is 0 Å². The third kappa shape index (κ3) is 4.15. The minimum Gasteiger partial charge on any atom is -0.325 e. The van der Waals surface area contributed by atoms with Crippen molar-refractivity contribution in [1.29, 1.82) is 0 Å². The number of amides is 1. The van der Waals surface area contributed by atoms with Gasteiger partial charge in [-0.15, -0.1) is 0 Å². The SMILES string of the molecule is O=C(Nc1ccc(S(=O)(=O)Nc2ncccn2)cc1)C1(c2cccc(Br)c2)CC1. The number of carbonyl (C=O) groups excluding carboxylic acids is 1. The van der Waals surface area contributed by atoms with Gasteiger partial charge in [0.25, 0.3) is 10.0 Å². The highest BCUT2D eigenvalue weighted by Gasteiger charge is 2.51. The Balaban J connectivity index is 1.48. The van der Waals surface area contributed by atoms with Crippen LogP contribution in [-0.2, 0) is 20.2 Å². The first kappa shape index (κ1) is 19.5. The number of sulfonamides is 1. The highest BCUT2D eigenvalue weighted by atomic mass is 79.9. The topological polar surface area (TPSA) is 101 Å². The second-order valence-corrected chi connectivity index (χ2v) is 9.35. The van der Waals surface area contributed by atoms with E-state index in [-0.39, 0.29) is 16.8 Å². The van der Waals surface area contributed by atoms with Crippen LogP contribution in [0.15, 0.2) is 76.4 Å². The van der Waals surface area contributed by atoms with Gasteiger partial charge in [0.05, 0.1) is 10.3 Å². The van der Waals surface area contributed by atoms with Crippen LogP contribution in [0.1, 0.15) is 18.4 Å². The lowest BCUT2D eigenvalue weighted by Crippen LogP contribution is -2.27. The van der Waals surface area contributed by atoms with Gasteiger partial charge in [-0.05, 0) is 60.9 Å². The molecule has 0 atom stereocenters. The molecule has 0 bridgehead atoms. The van der Waals surface area contributed by atoms with E-state index in [9.17, 15) is 13.2 Å². The summed E-state index contributed by atoms with van der Waals surface area (Å²) in [4.78, 5) is 20.6. The molecule has 1 aliphatic carbocycles. The molecule has 1 heterocycles. The third-order valence-corrected chi connectivity index (χ3v) is 6.61. The Bertz CT molecular complexity index is 1150. The van der Waals surface area contributed by atoms with Crippen LogP contribution in [0.2, 0.25) is 0 Å². The third-order valence-electron chi connectivity index (χ3n) is 4.78. The summed E-state index contributed by atoms with van der Waals surface area (Å²) >= 11 is 3.45. The minimum atomic E-state index is -3.82. The molecule has 0 spiro atoms. The molecule has 1 fully saturated rings. The molecule has 1 aliphatic rings. The number of anilines is 2. The van der Waals surface area contributed by atoms with E-state index in [1.165, 1.54) is 24.5 Å². The molecular formula is C20H17BrN4O3S. The number of halogens is 1. The van der Waals surface area contributed by atoms with E-state index >= 15 is 0 Å². The van der Waals surface area contributed by atoms with Crippen LogP contribution in [0.25, 0.3) is 0 Å². The molecule has 1 amide bonds. The molecule has 29 heavy (non-hydrogen) atoms. The van der Waals surface area contributed by atoms with Crippen molar-refractivity contribution in [3.05, 3.63) is 77.0 Å². The summed E-state index contributed by atoms with van der Waals surface area (Å²) in [6.45, 7) is 0. The molecular weight excluding hydrogens is 456 g/mol. The maximum Gasteiger partial charge on any atom is 0.264 e. The van der Waals surface area contributed by atoms with Crippen molar-refractivity contribution >= 4 is 43.5 Å². The van der Waals surface area contributed by atoms with Gasteiger partial charge in [0.1, 0.15) is 0 Å². The summed E-state index contributed by atoms with van der Waals surface area (Å²) in [6, 6.07) is 15.3. The summed E-state index contributed by atoms with van der Waals surface area (Å²) in [6.07, 6.45) is 4.45. The van der Waals surface area contributed by atoms with Gasteiger partial charge in [-0.25, -0.2) is 23.1 Å². The van der Waals surface area contributed by atoms with Crippen molar-refractivity contribution in [2.24, 2.45) is 0 Å². The van der Waals surface area contributed by atoms with Gasteiger partial charge < -0.3 is 5.32 Å². The first-order valence-electron chi connectivity index (χ1n) is 8.86. The fourth-order valence-electron chi connectivity index (χ4n) is 3.06. The Hall–Kier alpha value is -2.78. The lowest BCUT2D eigenvalue weighted by molar-refractivity contribution is -0.118. The van der Waals surface area contributed by atoms with Crippen molar-refractivity contribution < 1.29 is 13.2 Å². The van der Waals surface area contributed by atoms with Crippen LogP contribution >= 0.6 is 15.9 Å². The predicted molar refractivity (Wildman–Crippen MR) is 113 cm³/mol. The molecule has 2 N–H and O–H groups in total. The predicted octanol–water partition coefficient (Wildman–Crippen LogP) is 3.71. The van der Waals surface area contributed by atoms with E-state index in [1.807, 2.05) is 24.3 Å². The van der Waals surface area contributed by atoms with Gasteiger partial charge in [0.15, 0.2) is 0 Å². The molecule has 148 valence electrons. The zero-order chi connectivity index (χ0) is 20.5. The lowest BCUT2D eigenvalue weighted by Gasteiger charge is -2.16. The first-order valence-corrected chi connectivity index (χ1v) is 11.1. The second-order valence-electron chi connectivity index (χ2n) is 6.75. The Morgan fingerprint density at radius 1 is 1.00 bits per heavy atom. The zero-order valence-corrected chi connectivity index (χ0v) is 17.6. The van der Waals surface area contributed by atoms with Crippen molar-refractivity contribution in [3.63, 3.8) is 0 Å². The molecule has 3 aromatic rings. The Kier molecular flexibility index (Phi) is 5.10. The van der Waals surface area contributed by atoms with Gasteiger partial charge >= 0.3 is 0 Å². The average Bonchev–Trinajstić information content (AvgIpc) is 3.51. The standard InChI is InChI=1S/C20H17BrN4O3S/c21-15-4-1-3-14(13-15)20(9-10-20)18(26)24-16-5-7-17(8-6-16)29(27,28)25-19-22-11-2-12-23-19/h1-8,11-13H,9-10H2,(H,24,26)(H,22,23,25). The van der Waals surface area contributed by atoms with Crippen LogP contribution in [-0.4, -0.2) is 24.3 Å². The number of rotatable bonds is 6. The quantitative estimate of drug-likeness (QED) is 0.569. The minimum absolute atomic E-state index is 0.00502. The summed E-state index contributed by atoms with van der Waals surface area (Å²) < 4.78 is 28.1. The van der Waals surface area contributed by atoms with Crippen molar-refractivity contribution in [2.45, 2.75) is 23.2 Å². The van der Waals surface area contributed by atoms with Gasteiger partial charge in [-0.3, -0.25) is 4.79 Å². The maximum atomic E-state index is 12.9. The van der Waals surface area contributed by atoms with Crippen molar-refractivity contribution in [3.8, 4) is 0 Å². The number of nitrogens with zero attached hydrogens (tertiary/aromatic N) is 2. The molecule has 4 rings (SSSR count). The van der Waals surface area contributed by atoms with Crippen molar-refractivity contribution in [1.82, 2.24) is 9.97 Å². The highest BCUT2D eigenvalue weighted by molar-refractivity contribution is 9.10. The number of benzene rings is 2. The van der Waals surface area contributed by atoms with E-state index in [4.69, 9.17) is 0 Å². The Morgan fingerprint density at radius 3 is 2.31 bits per heavy atom. The molecule has 0 saturated heterocycles. The number of aromatic nitrogens is 2. The number of carbonyl (C=O) groups is 1. The van der Waals surface area contributed by atoms with Gasteiger partial charge in [-0.2, -0.15) is 0 Å². The lowest BCUT2D eigenvalue weighted by atomic mass is 9.95. The van der Waals surface area contributed by atoms with Crippen molar-refractivity contribution in [2.75, 3.05) is 10.0 Å². The molecule has 0 unspecified atom stereocenters. The molecule has 0 aliphatic heterocycles. The average molecular weight is 473 g/mol. The van der Waals surface area contributed by atoms with Gasteiger partial charge in [0.2, 0.25) is 11.9 Å². The van der Waals surface area contributed by atoms with E-state index in [2.05, 4.69) is 35.9 Å². The highest BCUT2D eigenvalue weighted by Crippen LogP contribution is 2.49. The second kappa shape index (κ2) is 7.57. The summed E-state index contributed by atoms with van der Waals surface area (Å²) in [5, 5.41) is 2.90. The number of nitrogens with one attached hydrogen (secondary N) is 2. The summed E-state index contributed by atoms with van der Waals surface area (Å²) in [7, 11) is -3.82. The van der Waals surface area contributed by atoms with Gasteiger partial charge in [-0.1, -0.05) is 28.1 Å². The van der Waals surface area contributed by atoms with Gasteiger partial charge in [0, 0.05) is 22.6 Å². The monoisotopic (exact) mass is 472 g/mol. The Labute approximate surface area is 176 Å². The van der Waals surface area contributed by atoms with E-state index in [1.54, 1.807) is 18.2 Å². The normalized spacial score (nSPS) is 14.8. The van der Waals surface area contributed by atoms with E-state index in [0.29, 0.717) is 5.69 Å². The van der Waals surface area contributed by atoms with E-state index in [0.717, 1.165) is 22.9 Å². The largest absolute Gasteiger partial charge is 0.325 e. The molecule has 0 radical (unpaired) electrons. The smallest absolute Gasteiger partial charge is 0.264 e. The van der Waals surface area contributed by atoms with Crippen LogP contribution in [0.4, 0.5) is 11.6 Å². The van der Waals surface area contributed by atoms with E-state index < -0.39 is 15.4 Å². The van der Waals surface area contributed by atoms with Crippen LogP contribution in [0.3, 0.4) is 0 Å². The molecule has 2 aromatic carbocycles. The zero-order valence-electron chi connectivity index (χ0n) is 15.2.